The van der Waals surface area contributed by atoms with E-state index < -0.39 is 0 Å². The first-order chi connectivity index (χ1) is 9.61. The van der Waals surface area contributed by atoms with Gasteiger partial charge in [0, 0.05) is 21.4 Å². The molecule has 0 aliphatic heterocycles. The zero-order chi connectivity index (χ0) is 14.5. The SMILES string of the molecule is CCC(Nc1ccc([N+](=O)[O-])cc1I)c1ccccc1. The van der Waals surface area contributed by atoms with Crippen LogP contribution in [0.1, 0.15) is 24.9 Å². The summed E-state index contributed by atoms with van der Waals surface area (Å²) in [6, 6.07) is 15.3. The number of rotatable bonds is 5. The molecule has 0 bridgehead atoms. The molecule has 20 heavy (non-hydrogen) atoms. The smallest absolute Gasteiger partial charge is 0.270 e. The van der Waals surface area contributed by atoms with Crippen molar-refractivity contribution < 1.29 is 4.92 Å². The Labute approximate surface area is 131 Å². The molecule has 1 atom stereocenters. The predicted octanol–water partition coefficient (Wildman–Crippen LogP) is 4.76. The van der Waals surface area contributed by atoms with Gasteiger partial charge in [-0.1, -0.05) is 37.3 Å². The van der Waals surface area contributed by atoms with Gasteiger partial charge in [0.2, 0.25) is 0 Å². The Hall–Kier alpha value is -1.63. The van der Waals surface area contributed by atoms with Crippen LogP contribution in [0.5, 0.6) is 0 Å². The highest BCUT2D eigenvalue weighted by atomic mass is 127. The Balaban J connectivity index is 2.22. The lowest BCUT2D eigenvalue weighted by atomic mass is 10.0. The second-order valence-electron chi connectivity index (χ2n) is 4.44. The molecule has 1 N–H and O–H groups in total. The van der Waals surface area contributed by atoms with Crippen LogP contribution in [0.2, 0.25) is 0 Å². The van der Waals surface area contributed by atoms with Crippen LogP contribution >= 0.6 is 22.6 Å². The van der Waals surface area contributed by atoms with Gasteiger partial charge < -0.3 is 5.32 Å². The van der Waals surface area contributed by atoms with E-state index in [2.05, 4.69) is 47.0 Å². The molecule has 0 spiro atoms. The van der Waals surface area contributed by atoms with Crippen LogP contribution in [-0.4, -0.2) is 4.92 Å². The van der Waals surface area contributed by atoms with E-state index in [1.807, 2.05) is 18.2 Å². The molecule has 0 amide bonds. The normalized spacial score (nSPS) is 11.9. The van der Waals surface area contributed by atoms with Crippen LogP contribution in [0.15, 0.2) is 48.5 Å². The minimum Gasteiger partial charge on any atom is -0.377 e. The largest absolute Gasteiger partial charge is 0.377 e. The van der Waals surface area contributed by atoms with E-state index in [0.717, 1.165) is 15.7 Å². The molecule has 2 rings (SSSR count). The first kappa shape index (κ1) is 14.8. The monoisotopic (exact) mass is 382 g/mol. The number of anilines is 1. The third-order valence-electron chi connectivity index (χ3n) is 3.10. The first-order valence-corrected chi connectivity index (χ1v) is 7.45. The van der Waals surface area contributed by atoms with Gasteiger partial charge >= 0.3 is 0 Å². The van der Waals surface area contributed by atoms with Gasteiger partial charge in [-0.2, -0.15) is 0 Å². The molecule has 104 valence electrons. The number of hydrogen-bond acceptors (Lipinski definition) is 3. The molecule has 0 radical (unpaired) electrons. The molecule has 0 aliphatic rings. The van der Waals surface area contributed by atoms with Gasteiger partial charge in [-0.3, -0.25) is 10.1 Å². The minimum atomic E-state index is -0.375. The number of halogens is 1. The quantitative estimate of drug-likeness (QED) is 0.461. The summed E-state index contributed by atoms with van der Waals surface area (Å²) >= 11 is 2.12. The molecule has 2 aromatic carbocycles. The van der Waals surface area contributed by atoms with Crippen LogP contribution in [0.4, 0.5) is 11.4 Å². The van der Waals surface area contributed by atoms with E-state index in [1.54, 1.807) is 12.1 Å². The highest BCUT2D eigenvalue weighted by Gasteiger charge is 2.13. The van der Waals surface area contributed by atoms with Crippen molar-refractivity contribution in [1.29, 1.82) is 0 Å². The molecule has 0 heterocycles. The summed E-state index contributed by atoms with van der Waals surface area (Å²) in [6.45, 7) is 2.11. The fourth-order valence-electron chi connectivity index (χ4n) is 2.03. The van der Waals surface area contributed by atoms with E-state index in [9.17, 15) is 10.1 Å². The van der Waals surface area contributed by atoms with Gasteiger partial charge in [-0.05, 0) is 40.6 Å². The second kappa shape index (κ2) is 6.69. The van der Waals surface area contributed by atoms with E-state index in [4.69, 9.17) is 0 Å². The zero-order valence-corrected chi connectivity index (χ0v) is 13.2. The number of nitrogens with zero attached hydrogens (tertiary/aromatic N) is 1. The van der Waals surface area contributed by atoms with Gasteiger partial charge in [0.1, 0.15) is 0 Å². The Kier molecular flexibility index (Phi) is 4.94. The van der Waals surface area contributed by atoms with E-state index in [1.165, 1.54) is 11.6 Å². The van der Waals surface area contributed by atoms with Crippen molar-refractivity contribution in [2.24, 2.45) is 0 Å². The highest BCUT2D eigenvalue weighted by Crippen LogP contribution is 2.28. The first-order valence-electron chi connectivity index (χ1n) is 6.37. The number of nitro benzene ring substituents is 1. The molecule has 1 unspecified atom stereocenters. The maximum absolute atomic E-state index is 10.7. The average Bonchev–Trinajstić information content (AvgIpc) is 2.46. The van der Waals surface area contributed by atoms with Crippen molar-refractivity contribution in [1.82, 2.24) is 0 Å². The standard InChI is InChI=1S/C15H15IN2O2/c1-2-14(11-6-4-3-5-7-11)17-15-9-8-12(18(19)20)10-13(15)16/h3-10,14,17H,2H2,1H3. The molecule has 0 aliphatic carbocycles. The van der Waals surface area contributed by atoms with Crippen LogP contribution < -0.4 is 5.32 Å². The van der Waals surface area contributed by atoms with Crippen molar-refractivity contribution in [2.45, 2.75) is 19.4 Å². The number of nitrogens with one attached hydrogen (secondary N) is 1. The van der Waals surface area contributed by atoms with E-state index in [-0.39, 0.29) is 16.7 Å². The zero-order valence-electron chi connectivity index (χ0n) is 11.0. The van der Waals surface area contributed by atoms with Gasteiger partial charge in [0.25, 0.3) is 5.69 Å². The van der Waals surface area contributed by atoms with Crippen molar-refractivity contribution in [2.75, 3.05) is 5.32 Å². The molecular formula is C15H15IN2O2. The fraction of sp³-hybridized carbons (Fsp3) is 0.200. The molecular weight excluding hydrogens is 367 g/mol. The van der Waals surface area contributed by atoms with Crippen molar-refractivity contribution in [3.8, 4) is 0 Å². The Morgan fingerprint density at radius 1 is 1.25 bits per heavy atom. The molecule has 5 heteroatoms. The Morgan fingerprint density at radius 2 is 1.95 bits per heavy atom. The van der Waals surface area contributed by atoms with Crippen molar-refractivity contribution in [3.05, 3.63) is 67.8 Å². The fourth-order valence-corrected chi connectivity index (χ4v) is 2.68. The summed E-state index contributed by atoms with van der Waals surface area (Å²) in [4.78, 5) is 10.4. The number of nitro groups is 1. The van der Waals surface area contributed by atoms with Crippen LogP contribution in [0.3, 0.4) is 0 Å². The summed E-state index contributed by atoms with van der Waals surface area (Å²) in [7, 11) is 0. The topological polar surface area (TPSA) is 55.2 Å². The van der Waals surface area contributed by atoms with Crippen LogP contribution in [0.25, 0.3) is 0 Å². The van der Waals surface area contributed by atoms with Crippen molar-refractivity contribution in [3.63, 3.8) is 0 Å². The Morgan fingerprint density at radius 3 is 2.50 bits per heavy atom. The molecule has 2 aromatic rings. The number of benzene rings is 2. The van der Waals surface area contributed by atoms with Gasteiger partial charge in [0.05, 0.1) is 11.0 Å². The van der Waals surface area contributed by atoms with Gasteiger partial charge in [-0.15, -0.1) is 0 Å². The maximum atomic E-state index is 10.7. The predicted molar refractivity (Wildman–Crippen MR) is 88.9 cm³/mol. The lowest BCUT2D eigenvalue weighted by Gasteiger charge is -2.19. The summed E-state index contributed by atoms with van der Waals surface area (Å²) in [6.07, 6.45) is 0.942. The second-order valence-corrected chi connectivity index (χ2v) is 5.60. The summed E-state index contributed by atoms with van der Waals surface area (Å²) in [5.41, 5.74) is 2.25. The third kappa shape index (κ3) is 3.47. The molecule has 0 aromatic heterocycles. The van der Waals surface area contributed by atoms with Crippen LogP contribution in [-0.2, 0) is 0 Å². The van der Waals surface area contributed by atoms with Crippen LogP contribution in [0, 0.1) is 13.7 Å². The number of hydrogen-bond donors (Lipinski definition) is 1. The lowest BCUT2D eigenvalue weighted by Crippen LogP contribution is -2.10. The summed E-state index contributed by atoms with van der Waals surface area (Å²) in [5.74, 6) is 0. The van der Waals surface area contributed by atoms with Gasteiger partial charge in [0.15, 0.2) is 0 Å². The maximum Gasteiger partial charge on any atom is 0.270 e. The van der Waals surface area contributed by atoms with E-state index in [0.29, 0.717) is 0 Å². The summed E-state index contributed by atoms with van der Waals surface area (Å²) in [5, 5.41) is 14.2. The molecule has 0 saturated heterocycles. The van der Waals surface area contributed by atoms with E-state index >= 15 is 0 Å². The van der Waals surface area contributed by atoms with Gasteiger partial charge in [-0.25, -0.2) is 0 Å². The average molecular weight is 382 g/mol. The molecule has 0 fully saturated rings. The highest BCUT2D eigenvalue weighted by molar-refractivity contribution is 14.1. The lowest BCUT2D eigenvalue weighted by molar-refractivity contribution is -0.384. The molecule has 0 saturated carbocycles. The number of non-ortho nitro benzene ring substituents is 1. The minimum absolute atomic E-state index is 0.118. The van der Waals surface area contributed by atoms with Crippen molar-refractivity contribution >= 4 is 34.0 Å². The Bertz CT molecular complexity index is 602. The third-order valence-corrected chi connectivity index (χ3v) is 4.00. The molecule has 4 nitrogen and oxygen atoms in total. The summed E-state index contributed by atoms with van der Waals surface area (Å²) < 4.78 is 0.853.